The van der Waals surface area contributed by atoms with Crippen molar-refractivity contribution in [1.82, 2.24) is 25.4 Å². The van der Waals surface area contributed by atoms with Gasteiger partial charge in [0.25, 0.3) is 0 Å². The molecule has 1 fully saturated rings. The van der Waals surface area contributed by atoms with E-state index < -0.39 is 0 Å². The monoisotopic (exact) mass is 341 g/mol. The lowest BCUT2D eigenvalue weighted by Crippen LogP contribution is -2.48. The van der Waals surface area contributed by atoms with Gasteiger partial charge in [0, 0.05) is 19.1 Å². The molecule has 2 N–H and O–H groups in total. The third kappa shape index (κ3) is 5.05. The fourth-order valence-corrected chi connectivity index (χ4v) is 3.41. The van der Waals surface area contributed by atoms with Crippen LogP contribution in [0.15, 0.2) is 43.0 Å². The number of carbonyl (C=O) groups excluding carboxylic acids is 1. The molecule has 3 rings (SSSR count). The van der Waals surface area contributed by atoms with Gasteiger partial charge in [-0.3, -0.25) is 4.68 Å². The highest BCUT2D eigenvalue weighted by atomic mass is 16.2. The number of carbonyl (C=O) groups is 1. The van der Waals surface area contributed by atoms with Crippen molar-refractivity contribution >= 4 is 6.03 Å². The van der Waals surface area contributed by atoms with Crippen LogP contribution in [0, 0.1) is 5.41 Å². The Hall–Kier alpha value is -2.37. The molecule has 1 atom stereocenters. The highest BCUT2D eigenvalue weighted by Gasteiger charge is 2.37. The zero-order chi connectivity index (χ0) is 17.5. The lowest BCUT2D eigenvalue weighted by molar-refractivity contribution is 0.131. The van der Waals surface area contributed by atoms with Crippen LogP contribution in [0.4, 0.5) is 4.79 Å². The minimum absolute atomic E-state index is 0.0783. The van der Waals surface area contributed by atoms with Crippen LogP contribution in [-0.4, -0.2) is 33.4 Å². The molecule has 0 radical (unpaired) electrons. The molecule has 0 aliphatic heterocycles. The molecule has 0 spiro atoms. The summed E-state index contributed by atoms with van der Waals surface area (Å²) in [5, 5.41) is 10.2. The summed E-state index contributed by atoms with van der Waals surface area (Å²) in [6.45, 7) is 3.50. The third-order valence-electron chi connectivity index (χ3n) is 5.10. The van der Waals surface area contributed by atoms with Crippen LogP contribution in [0.25, 0.3) is 0 Å². The molecule has 1 aliphatic carbocycles. The highest BCUT2D eigenvalue weighted by Crippen LogP contribution is 2.43. The molecule has 0 bridgehead atoms. The molecule has 2 aromatic rings. The van der Waals surface area contributed by atoms with E-state index in [1.807, 2.05) is 13.0 Å². The second-order valence-corrected chi connectivity index (χ2v) is 7.19. The number of aromatic nitrogens is 3. The molecule has 1 saturated carbocycles. The molecular formula is C19H27N5O. The van der Waals surface area contributed by atoms with Gasteiger partial charge in [0.05, 0.1) is 0 Å². The maximum atomic E-state index is 12.2. The normalized spacial score (nSPS) is 16.7. The standard InChI is InChI=1S/C19H27N5O/c1-16(8-11-24-15-20-14-22-24)23-18(25)21-13-19(9-5-10-19)12-17-6-3-2-4-7-17/h2-4,6-7,14-16H,5,8-13H2,1H3,(H2,21,23,25)/t16-/m0/s1. The number of rotatable bonds is 8. The lowest BCUT2D eigenvalue weighted by atomic mass is 9.65. The summed E-state index contributed by atoms with van der Waals surface area (Å²) in [6.07, 6.45) is 8.70. The summed E-state index contributed by atoms with van der Waals surface area (Å²) in [6, 6.07) is 10.6. The van der Waals surface area contributed by atoms with Crippen molar-refractivity contribution in [2.75, 3.05) is 6.54 Å². The molecule has 1 heterocycles. The summed E-state index contributed by atoms with van der Waals surface area (Å²) in [4.78, 5) is 16.1. The summed E-state index contributed by atoms with van der Waals surface area (Å²) in [5.41, 5.74) is 1.58. The number of nitrogens with one attached hydrogen (secondary N) is 2. The molecule has 0 saturated heterocycles. The van der Waals surface area contributed by atoms with E-state index in [9.17, 15) is 4.79 Å². The van der Waals surface area contributed by atoms with Crippen LogP contribution in [0.2, 0.25) is 0 Å². The van der Waals surface area contributed by atoms with E-state index in [-0.39, 0.29) is 17.5 Å². The van der Waals surface area contributed by atoms with Crippen molar-refractivity contribution < 1.29 is 4.79 Å². The Morgan fingerprint density at radius 1 is 1.32 bits per heavy atom. The Labute approximate surface area is 149 Å². The summed E-state index contributed by atoms with van der Waals surface area (Å²) < 4.78 is 1.78. The minimum Gasteiger partial charge on any atom is -0.338 e. The van der Waals surface area contributed by atoms with E-state index in [2.05, 4.69) is 45.0 Å². The molecule has 6 nitrogen and oxygen atoms in total. The zero-order valence-corrected chi connectivity index (χ0v) is 14.8. The summed E-state index contributed by atoms with van der Waals surface area (Å²) >= 11 is 0. The van der Waals surface area contributed by atoms with Crippen molar-refractivity contribution in [1.29, 1.82) is 0 Å². The fraction of sp³-hybridized carbons (Fsp3) is 0.526. The van der Waals surface area contributed by atoms with Gasteiger partial charge in [-0.15, -0.1) is 0 Å². The minimum atomic E-state index is -0.0783. The first-order valence-electron chi connectivity index (χ1n) is 9.06. The van der Waals surface area contributed by atoms with E-state index in [0.29, 0.717) is 0 Å². The Morgan fingerprint density at radius 2 is 2.12 bits per heavy atom. The second-order valence-electron chi connectivity index (χ2n) is 7.19. The Kier molecular flexibility index (Phi) is 5.68. The maximum Gasteiger partial charge on any atom is 0.315 e. The van der Waals surface area contributed by atoms with Gasteiger partial charge in [-0.05, 0) is 43.6 Å². The van der Waals surface area contributed by atoms with Crippen LogP contribution in [0.1, 0.15) is 38.2 Å². The first-order chi connectivity index (χ1) is 12.2. The van der Waals surface area contributed by atoms with Crippen molar-refractivity contribution in [2.45, 2.75) is 51.6 Å². The number of benzene rings is 1. The van der Waals surface area contributed by atoms with Gasteiger partial charge >= 0.3 is 6.03 Å². The van der Waals surface area contributed by atoms with Gasteiger partial charge < -0.3 is 10.6 Å². The average Bonchev–Trinajstić information content (AvgIpc) is 3.10. The first kappa shape index (κ1) is 17.5. The van der Waals surface area contributed by atoms with Crippen LogP contribution < -0.4 is 10.6 Å². The topological polar surface area (TPSA) is 71.8 Å². The molecular weight excluding hydrogens is 314 g/mol. The van der Waals surface area contributed by atoms with Gasteiger partial charge in [0.15, 0.2) is 0 Å². The summed E-state index contributed by atoms with van der Waals surface area (Å²) in [5.74, 6) is 0. The number of nitrogens with zero attached hydrogens (tertiary/aromatic N) is 3. The molecule has 0 unspecified atom stereocenters. The van der Waals surface area contributed by atoms with Crippen LogP contribution >= 0.6 is 0 Å². The molecule has 6 heteroatoms. The van der Waals surface area contributed by atoms with Crippen molar-refractivity contribution in [3.63, 3.8) is 0 Å². The number of urea groups is 1. The second kappa shape index (κ2) is 8.14. The fourth-order valence-electron chi connectivity index (χ4n) is 3.41. The molecule has 1 aromatic carbocycles. The Bertz CT molecular complexity index is 652. The molecule has 1 aromatic heterocycles. The predicted molar refractivity (Wildman–Crippen MR) is 97.1 cm³/mol. The predicted octanol–water partition coefficient (Wildman–Crippen LogP) is 2.77. The zero-order valence-electron chi connectivity index (χ0n) is 14.8. The van der Waals surface area contributed by atoms with Crippen molar-refractivity contribution in [2.24, 2.45) is 5.41 Å². The molecule has 2 amide bonds. The van der Waals surface area contributed by atoms with Crippen LogP contribution in [0.3, 0.4) is 0 Å². The third-order valence-corrected chi connectivity index (χ3v) is 5.10. The first-order valence-corrected chi connectivity index (χ1v) is 9.06. The average molecular weight is 341 g/mol. The Morgan fingerprint density at radius 3 is 2.76 bits per heavy atom. The van der Waals surface area contributed by atoms with E-state index in [4.69, 9.17) is 0 Å². The van der Waals surface area contributed by atoms with Gasteiger partial charge in [0.2, 0.25) is 0 Å². The van der Waals surface area contributed by atoms with E-state index in [1.54, 1.807) is 11.0 Å². The molecule has 25 heavy (non-hydrogen) atoms. The van der Waals surface area contributed by atoms with Crippen LogP contribution in [-0.2, 0) is 13.0 Å². The van der Waals surface area contributed by atoms with Gasteiger partial charge in [-0.25, -0.2) is 9.78 Å². The van der Waals surface area contributed by atoms with E-state index in [0.717, 1.165) is 25.9 Å². The molecule has 1 aliphatic rings. The van der Waals surface area contributed by atoms with E-state index in [1.165, 1.54) is 31.2 Å². The summed E-state index contributed by atoms with van der Waals surface area (Å²) in [7, 11) is 0. The van der Waals surface area contributed by atoms with Crippen molar-refractivity contribution in [3.05, 3.63) is 48.5 Å². The number of aryl methyl sites for hydroxylation is 1. The van der Waals surface area contributed by atoms with Gasteiger partial charge in [0.1, 0.15) is 12.7 Å². The van der Waals surface area contributed by atoms with E-state index >= 15 is 0 Å². The Balaban J connectivity index is 1.41. The van der Waals surface area contributed by atoms with Crippen molar-refractivity contribution in [3.8, 4) is 0 Å². The molecule has 134 valence electrons. The highest BCUT2D eigenvalue weighted by molar-refractivity contribution is 5.74. The maximum absolute atomic E-state index is 12.2. The number of hydrogen-bond acceptors (Lipinski definition) is 3. The smallest absolute Gasteiger partial charge is 0.315 e. The SMILES string of the molecule is C[C@@H](CCn1cncn1)NC(=O)NCC1(Cc2ccccc2)CCC1. The van der Waals surface area contributed by atoms with Gasteiger partial charge in [-0.2, -0.15) is 5.10 Å². The quantitative estimate of drug-likeness (QED) is 0.775. The largest absolute Gasteiger partial charge is 0.338 e. The number of amides is 2. The van der Waals surface area contributed by atoms with Crippen LogP contribution in [0.5, 0.6) is 0 Å². The van der Waals surface area contributed by atoms with Gasteiger partial charge in [-0.1, -0.05) is 36.8 Å². The number of hydrogen-bond donors (Lipinski definition) is 2. The lowest BCUT2D eigenvalue weighted by Gasteiger charge is -2.42.